The van der Waals surface area contributed by atoms with Gasteiger partial charge in [-0.2, -0.15) is 0 Å². The second kappa shape index (κ2) is 7.88. The number of aryl methyl sites for hydroxylation is 1. The number of amides is 1. The molecule has 1 N–H and O–H groups in total. The number of aromatic nitrogens is 2. The number of halogens is 1. The third-order valence-electron chi connectivity index (χ3n) is 5.32. The molecule has 0 radical (unpaired) electrons. The number of allylic oxidation sites excluding steroid dienone is 1. The van der Waals surface area contributed by atoms with Crippen molar-refractivity contribution in [1.29, 1.82) is 0 Å². The van der Waals surface area contributed by atoms with Crippen molar-refractivity contribution in [3.05, 3.63) is 81.4 Å². The molecule has 1 aromatic heterocycles. The molecule has 1 fully saturated rings. The Morgan fingerprint density at radius 3 is 2.73 bits per heavy atom. The summed E-state index contributed by atoms with van der Waals surface area (Å²) in [5.74, 6) is 0.0382. The van der Waals surface area contributed by atoms with Gasteiger partial charge in [0.1, 0.15) is 5.82 Å². The van der Waals surface area contributed by atoms with Crippen molar-refractivity contribution >= 4 is 39.9 Å². The molecule has 6 nitrogen and oxygen atoms in total. The van der Waals surface area contributed by atoms with E-state index in [0.29, 0.717) is 40.5 Å². The number of fused-ring (bicyclic) bond motifs is 1. The number of carbonyl (C=O) groups is 2. The normalized spacial score (nSPS) is 16.7. The largest absolute Gasteiger partial charge is 0.321 e. The van der Waals surface area contributed by atoms with E-state index in [1.54, 1.807) is 49.4 Å². The first-order chi connectivity index (χ1) is 14.3. The number of hydrogen-bond donors (Lipinski definition) is 1. The molecule has 1 saturated carbocycles. The minimum absolute atomic E-state index is 0.0435. The summed E-state index contributed by atoms with van der Waals surface area (Å²) in [5, 5.41) is 3.50. The number of rotatable bonds is 3. The molecule has 0 saturated heterocycles. The lowest BCUT2D eigenvalue weighted by molar-refractivity contribution is -0.122. The average Bonchev–Trinajstić information content (AvgIpc) is 2.69. The molecule has 1 aliphatic carbocycles. The van der Waals surface area contributed by atoms with E-state index in [1.165, 1.54) is 4.57 Å². The predicted octanol–water partition coefficient (Wildman–Crippen LogP) is 4.46. The van der Waals surface area contributed by atoms with E-state index in [1.807, 2.05) is 0 Å². The van der Waals surface area contributed by atoms with E-state index in [-0.39, 0.29) is 29.1 Å². The first-order valence-corrected chi connectivity index (χ1v) is 10.0. The van der Waals surface area contributed by atoms with Crippen molar-refractivity contribution in [2.75, 3.05) is 5.32 Å². The summed E-state index contributed by atoms with van der Waals surface area (Å²) < 4.78 is 1.45. The molecule has 2 aromatic carbocycles. The highest BCUT2D eigenvalue weighted by molar-refractivity contribution is 6.31. The van der Waals surface area contributed by atoms with Gasteiger partial charge in [-0.05, 0) is 50.1 Å². The van der Waals surface area contributed by atoms with Gasteiger partial charge in [0.2, 0.25) is 0 Å². The van der Waals surface area contributed by atoms with Gasteiger partial charge in [-0.3, -0.25) is 19.0 Å². The van der Waals surface area contributed by atoms with Gasteiger partial charge in [-0.15, -0.1) is 0 Å². The molecule has 7 heteroatoms. The fraction of sp³-hybridized carbons (Fsp3) is 0.217. The number of nitrogens with zero attached hydrogens (tertiary/aromatic N) is 2. The zero-order chi connectivity index (χ0) is 21.4. The number of benzene rings is 2. The van der Waals surface area contributed by atoms with Crippen molar-refractivity contribution < 1.29 is 9.59 Å². The van der Waals surface area contributed by atoms with E-state index in [0.717, 1.165) is 5.57 Å². The van der Waals surface area contributed by atoms with Crippen LogP contribution in [0.3, 0.4) is 0 Å². The zero-order valence-corrected chi connectivity index (χ0v) is 17.2. The van der Waals surface area contributed by atoms with Crippen molar-refractivity contribution in [2.45, 2.75) is 32.2 Å². The lowest BCUT2D eigenvalue weighted by Gasteiger charge is -2.26. The van der Waals surface area contributed by atoms with Crippen LogP contribution in [-0.2, 0) is 4.79 Å². The number of hydrogen-bond acceptors (Lipinski definition) is 4. The Hall–Kier alpha value is -3.25. The molecule has 3 aromatic rings. The van der Waals surface area contributed by atoms with E-state index in [2.05, 4.69) is 16.9 Å². The summed E-state index contributed by atoms with van der Waals surface area (Å²) in [6.45, 7) is 5.61. The number of ketones is 1. The van der Waals surface area contributed by atoms with Gasteiger partial charge in [-0.1, -0.05) is 35.9 Å². The number of carbonyl (C=O) groups excluding carboxylic acids is 2. The van der Waals surface area contributed by atoms with E-state index in [9.17, 15) is 14.4 Å². The van der Waals surface area contributed by atoms with Crippen LogP contribution in [0.4, 0.5) is 5.69 Å². The van der Waals surface area contributed by atoms with Crippen LogP contribution in [0.1, 0.15) is 41.5 Å². The molecule has 1 atom stereocenters. The van der Waals surface area contributed by atoms with Gasteiger partial charge in [0.25, 0.3) is 11.5 Å². The van der Waals surface area contributed by atoms with Gasteiger partial charge in [-0.25, -0.2) is 4.98 Å². The number of Topliss-reactive ketones (excluding diaryl/α,β-unsaturated/α-hetero) is 1. The molecule has 1 unspecified atom stereocenters. The van der Waals surface area contributed by atoms with Crippen molar-refractivity contribution in [3.8, 4) is 0 Å². The van der Waals surface area contributed by atoms with Gasteiger partial charge in [0.05, 0.1) is 22.6 Å². The van der Waals surface area contributed by atoms with Crippen LogP contribution in [0.2, 0.25) is 5.02 Å². The minimum Gasteiger partial charge on any atom is -0.321 e. The maximum absolute atomic E-state index is 13.4. The summed E-state index contributed by atoms with van der Waals surface area (Å²) in [4.78, 5) is 43.3. The summed E-state index contributed by atoms with van der Waals surface area (Å²) in [5.41, 5.74) is 1.72. The molecule has 4 rings (SSSR count). The molecular weight excluding hydrogens is 402 g/mol. The summed E-state index contributed by atoms with van der Waals surface area (Å²) in [7, 11) is 0. The van der Waals surface area contributed by atoms with Crippen LogP contribution < -0.4 is 10.9 Å². The van der Waals surface area contributed by atoms with Gasteiger partial charge < -0.3 is 5.32 Å². The molecule has 1 aliphatic rings. The average molecular weight is 422 g/mol. The standard InChI is InChI=1S/C23H20ClN3O3/c1-13-9-10-19(20(28)11-13)27-14(2)25-17-7-4-8-18(21(17)23(27)30)26-22(29)15-5-3-6-16(24)12-15/h3-8,12,19H,1,9-11H2,2H3,(H,26,29). The van der Waals surface area contributed by atoms with Crippen LogP contribution in [0.25, 0.3) is 10.9 Å². The first-order valence-electron chi connectivity index (χ1n) is 9.63. The maximum atomic E-state index is 13.4. The van der Waals surface area contributed by atoms with Crippen LogP contribution in [0, 0.1) is 6.92 Å². The molecule has 0 aliphatic heterocycles. The summed E-state index contributed by atoms with van der Waals surface area (Å²) in [6.07, 6.45) is 1.47. The summed E-state index contributed by atoms with van der Waals surface area (Å²) in [6, 6.07) is 11.1. The minimum atomic E-state index is -0.573. The second-order valence-corrected chi connectivity index (χ2v) is 7.88. The van der Waals surface area contributed by atoms with E-state index >= 15 is 0 Å². The molecular formula is C23H20ClN3O3. The van der Waals surface area contributed by atoms with Gasteiger partial charge in [0.15, 0.2) is 5.78 Å². The SMILES string of the molecule is C=C1CCC(n2c(C)nc3cccc(NC(=O)c4cccc(Cl)c4)c3c2=O)C(=O)C1. The fourth-order valence-electron chi connectivity index (χ4n) is 3.88. The monoisotopic (exact) mass is 421 g/mol. The smallest absolute Gasteiger partial charge is 0.264 e. The zero-order valence-electron chi connectivity index (χ0n) is 16.4. The molecule has 152 valence electrons. The summed E-state index contributed by atoms with van der Waals surface area (Å²) >= 11 is 5.98. The Kier molecular flexibility index (Phi) is 5.26. The van der Waals surface area contributed by atoms with Crippen molar-refractivity contribution in [2.24, 2.45) is 0 Å². The molecule has 1 heterocycles. The Balaban J connectivity index is 1.80. The Morgan fingerprint density at radius 2 is 2.00 bits per heavy atom. The van der Waals surface area contributed by atoms with Crippen molar-refractivity contribution in [1.82, 2.24) is 9.55 Å². The van der Waals surface area contributed by atoms with Crippen LogP contribution >= 0.6 is 11.6 Å². The topological polar surface area (TPSA) is 81.1 Å². The molecule has 0 spiro atoms. The number of anilines is 1. The maximum Gasteiger partial charge on any atom is 0.264 e. The third-order valence-corrected chi connectivity index (χ3v) is 5.56. The van der Waals surface area contributed by atoms with Gasteiger partial charge in [0, 0.05) is 17.0 Å². The lowest BCUT2D eigenvalue weighted by Crippen LogP contribution is -2.35. The molecule has 0 bridgehead atoms. The van der Waals surface area contributed by atoms with Gasteiger partial charge >= 0.3 is 0 Å². The quantitative estimate of drug-likeness (QED) is 0.633. The third kappa shape index (κ3) is 3.66. The predicted molar refractivity (Wildman–Crippen MR) is 117 cm³/mol. The fourth-order valence-corrected chi connectivity index (χ4v) is 4.07. The highest BCUT2D eigenvalue weighted by Gasteiger charge is 2.29. The van der Waals surface area contributed by atoms with E-state index < -0.39 is 6.04 Å². The second-order valence-electron chi connectivity index (χ2n) is 7.45. The Morgan fingerprint density at radius 1 is 1.23 bits per heavy atom. The Bertz CT molecular complexity index is 1260. The van der Waals surface area contributed by atoms with Crippen LogP contribution in [-0.4, -0.2) is 21.2 Å². The lowest BCUT2D eigenvalue weighted by atomic mass is 9.90. The molecule has 1 amide bonds. The Labute approximate surface area is 178 Å². The highest BCUT2D eigenvalue weighted by atomic mass is 35.5. The molecule has 30 heavy (non-hydrogen) atoms. The van der Waals surface area contributed by atoms with Crippen LogP contribution in [0.5, 0.6) is 0 Å². The highest BCUT2D eigenvalue weighted by Crippen LogP contribution is 2.29. The number of nitrogens with one attached hydrogen (secondary N) is 1. The first kappa shape index (κ1) is 20.0. The van der Waals surface area contributed by atoms with Crippen molar-refractivity contribution in [3.63, 3.8) is 0 Å². The van der Waals surface area contributed by atoms with E-state index in [4.69, 9.17) is 11.6 Å². The van der Waals surface area contributed by atoms with Crippen LogP contribution in [0.15, 0.2) is 59.4 Å².